The van der Waals surface area contributed by atoms with Crippen molar-refractivity contribution < 1.29 is 14.3 Å². The second kappa shape index (κ2) is 10.9. The second-order valence-corrected chi connectivity index (χ2v) is 8.31. The Morgan fingerprint density at radius 2 is 1.48 bits per heavy atom. The van der Waals surface area contributed by atoms with E-state index in [1.807, 2.05) is 54.6 Å². The summed E-state index contributed by atoms with van der Waals surface area (Å²) in [6, 6.07) is 21.4. The number of ether oxygens (including phenoxy) is 1. The fraction of sp³-hybridized carbons (Fsp3) is 0.217. The summed E-state index contributed by atoms with van der Waals surface area (Å²) in [5.74, 6) is -0.201. The molecule has 0 radical (unpaired) electrons. The largest absolute Gasteiger partial charge is 0.372 e. The van der Waals surface area contributed by atoms with Crippen molar-refractivity contribution in [1.82, 2.24) is 5.32 Å². The third-order valence-electron chi connectivity index (χ3n) is 4.32. The highest BCUT2D eigenvalue weighted by molar-refractivity contribution is 7.18. The molecule has 0 saturated carbocycles. The van der Waals surface area contributed by atoms with Gasteiger partial charge in [-0.1, -0.05) is 66.2 Å². The molecule has 0 aliphatic carbocycles. The van der Waals surface area contributed by atoms with Crippen LogP contribution in [0.1, 0.15) is 39.2 Å². The molecule has 0 aliphatic rings. The minimum Gasteiger partial charge on any atom is -0.372 e. The molecule has 0 unspecified atom stereocenters. The number of thiophene rings is 1. The van der Waals surface area contributed by atoms with Crippen molar-refractivity contribution in [3.05, 3.63) is 92.6 Å². The van der Waals surface area contributed by atoms with Gasteiger partial charge >= 0.3 is 0 Å². The zero-order valence-electron chi connectivity index (χ0n) is 15.9. The first kappa shape index (κ1) is 21.2. The summed E-state index contributed by atoms with van der Waals surface area (Å²) in [6.45, 7) is 1.55. The number of carbonyl (C=O) groups is 2. The number of benzene rings is 2. The molecule has 1 amide bonds. The van der Waals surface area contributed by atoms with E-state index in [9.17, 15) is 9.59 Å². The Balaban J connectivity index is 1.36. The molecule has 3 aromatic rings. The number of hydrogen-bond acceptors (Lipinski definition) is 4. The molecule has 0 bridgehead atoms. The first-order chi connectivity index (χ1) is 14.1. The average Bonchev–Trinajstić information content (AvgIpc) is 3.18. The summed E-state index contributed by atoms with van der Waals surface area (Å²) in [4.78, 5) is 24.6. The normalized spacial score (nSPS) is 10.7. The molecule has 6 heteroatoms. The van der Waals surface area contributed by atoms with Gasteiger partial charge in [-0.2, -0.15) is 0 Å². The average molecular weight is 428 g/mol. The smallest absolute Gasteiger partial charge is 0.220 e. The molecular formula is C23H22ClNO3S. The summed E-state index contributed by atoms with van der Waals surface area (Å²) in [5.41, 5.74) is 3.23. The van der Waals surface area contributed by atoms with Crippen LogP contribution in [0, 0.1) is 0 Å². The fourth-order valence-electron chi connectivity index (χ4n) is 2.72. The number of ketones is 1. The lowest BCUT2D eigenvalue weighted by Gasteiger charge is -2.07. The van der Waals surface area contributed by atoms with E-state index in [1.54, 1.807) is 12.1 Å². The van der Waals surface area contributed by atoms with Crippen LogP contribution in [-0.4, -0.2) is 11.7 Å². The van der Waals surface area contributed by atoms with Crippen LogP contribution in [-0.2, 0) is 29.3 Å². The minimum absolute atomic E-state index is 0.0584. The molecule has 0 saturated heterocycles. The van der Waals surface area contributed by atoms with Crippen LogP contribution < -0.4 is 5.32 Å². The van der Waals surface area contributed by atoms with Gasteiger partial charge in [-0.25, -0.2) is 0 Å². The van der Waals surface area contributed by atoms with E-state index >= 15 is 0 Å². The third-order valence-corrected chi connectivity index (χ3v) is 5.59. The summed E-state index contributed by atoms with van der Waals surface area (Å²) < 4.78 is 6.30. The van der Waals surface area contributed by atoms with Crippen LogP contribution in [0.15, 0.2) is 66.7 Å². The first-order valence-corrected chi connectivity index (χ1v) is 10.5. The minimum atomic E-state index is -0.142. The van der Waals surface area contributed by atoms with Crippen LogP contribution in [0.3, 0.4) is 0 Å². The van der Waals surface area contributed by atoms with Crippen molar-refractivity contribution in [3.63, 3.8) is 0 Å². The van der Waals surface area contributed by atoms with Crippen molar-refractivity contribution in [2.45, 2.75) is 32.6 Å². The van der Waals surface area contributed by atoms with Crippen LogP contribution >= 0.6 is 22.9 Å². The predicted octanol–water partition coefficient (Wildman–Crippen LogP) is 5.40. The molecule has 0 atom stereocenters. The van der Waals surface area contributed by atoms with Gasteiger partial charge < -0.3 is 10.1 Å². The van der Waals surface area contributed by atoms with Crippen LogP contribution in [0.5, 0.6) is 0 Å². The first-order valence-electron chi connectivity index (χ1n) is 9.35. The lowest BCUT2D eigenvalue weighted by molar-refractivity contribution is -0.121. The standard InChI is InChI=1S/C23H22ClNO3S/c24-22-12-11-21(29-22)20(26)10-13-23(27)25-14-17-6-8-19(9-7-17)16-28-15-18-4-2-1-3-5-18/h1-9,11-12H,10,13-16H2,(H,25,27). The zero-order chi connectivity index (χ0) is 20.5. The van der Waals surface area contributed by atoms with E-state index in [4.69, 9.17) is 16.3 Å². The lowest BCUT2D eigenvalue weighted by Crippen LogP contribution is -2.23. The maximum absolute atomic E-state index is 12.0. The van der Waals surface area contributed by atoms with Crippen molar-refractivity contribution in [3.8, 4) is 0 Å². The number of halogens is 1. The molecule has 2 aromatic carbocycles. The highest BCUT2D eigenvalue weighted by Gasteiger charge is 2.11. The number of Topliss-reactive ketones (excluding diaryl/α,β-unsaturated/α-hetero) is 1. The van der Waals surface area contributed by atoms with Gasteiger partial charge in [-0.3, -0.25) is 9.59 Å². The maximum atomic E-state index is 12.0. The van der Waals surface area contributed by atoms with E-state index in [2.05, 4.69) is 5.32 Å². The molecule has 1 aromatic heterocycles. The Kier molecular flexibility index (Phi) is 7.99. The monoisotopic (exact) mass is 427 g/mol. The Bertz CT molecular complexity index is 938. The van der Waals surface area contributed by atoms with Gasteiger partial charge in [0, 0.05) is 19.4 Å². The van der Waals surface area contributed by atoms with E-state index in [-0.39, 0.29) is 24.5 Å². The van der Waals surface area contributed by atoms with Gasteiger partial charge in [0.05, 0.1) is 22.4 Å². The molecule has 4 nitrogen and oxygen atoms in total. The Hall–Kier alpha value is -2.47. The number of hydrogen-bond donors (Lipinski definition) is 1. The number of carbonyl (C=O) groups excluding carboxylic acids is 2. The molecule has 150 valence electrons. The summed E-state index contributed by atoms with van der Waals surface area (Å²) >= 11 is 7.07. The van der Waals surface area contributed by atoms with Gasteiger partial charge in [0.2, 0.25) is 5.91 Å². The lowest BCUT2D eigenvalue weighted by atomic mass is 10.1. The third kappa shape index (κ3) is 7.13. The molecule has 1 N–H and O–H groups in total. The van der Waals surface area contributed by atoms with Gasteiger partial charge in [0.25, 0.3) is 0 Å². The topological polar surface area (TPSA) is 55.4 Å². The van der Waals surface area contributed by atoms with Crippen molar-refractivity contribution in [1.29, 1.82) is 0 Å². The van der Waals surface area contributed by atoms with Crippen molar-refractivity contribution in [2.75, 3.05) is 0 Å². The second-order valence-electron chi connectivity index (χ2n) is 6.60. The Labute approximate surface area is 179 Å². The molecular weight excluding hydrogens is 406 g/mol. The fourth-order valence-corrected chi connectivity index (χ4v) is 3.73. The molecule has 1 heterocycles. The zero-order valence-corrected chi connectivity index (χ0v) is 17.5. The van der Waals surface area contributed by atoms with Crippen molar-refractivity contribution in [2.24, 2.45) is 0 Å². The van der Waals surface area contributed by atoms with Gasteiger partial charge in [0.1, 0.15) is 0 Å². The predicted molar refractivity (Wildman–Crippen MR) is 116 cm³/mol. The van der Waals surface area contributed by atoms with Crippen molar-refractivity contribution >= 4 is 34.6 Å². The van der Waals surface area contributed by atoms with E-state index in [0.29, 0.717) is 29.0 Å². The molecule has 0 spiro atoms. The van der Waals surface area contributed by atoms with E-state index in [0.717, 1.165) is 16.7 Å². The highest BCUT2D eigenvalue weighted by atomic mass is 35.5. The number of nitrogens with one attached hydrogen (secondary N) is 1. The number of rotatable bonds is 10. The van der Waals surface area contributed by atoms with Gasteiger partial charge in [-0.05, 0) is 28.8 Å². The summed E-state index contributed by atoms with van der Waals surface area (Å²) in [5, 5.41) is 2.85. The van der Waals surface area contributed by atoms with Gasteiger partial charge in [-0.15, -0.1) is 11.3 Å². The number of amides is 1. The highest BCUT2D eigenvalue weighted by Crippen LogP contribution is 2.22. The molecule has 0 fully saturated rings. The molecule has 0 aliphatic heterocycles. The Morgan fingerprint density at radius 1 is 0.828 bits per heavy atom. The Morgan fingerprint density at radius 3 is 2.14 bits per heavy atom. The summed E-state index contributed by atoms with van der Waals surface area (Å²) in [7, 11) is 0. The van der Waals surface area contributed by atoms with Gasteiger partial charge in [0.15, 0.2) is 5.78 Å². The maximum Gasteiger partial charge on any atom is 0.220 e. The van der Waals surface area contributed by atoms with E-state index in [1.165, 1.54) is 11.3 Å². The van der Waals surface area contributed by atoms with Crippen LogP contribution in [0.2, 0.25) is 4.34 Å². The van der Waals surface area contributed by atoms with E-state index < -0.39 is 0 Å². The molecule has 3 rings (SSSR count). The quantitative estimate of drug-likeness (QED) is 0.441. The summed E-state index contributed by atoms with van der Waals surface area (Å²) in [6.07, 6.45) is 0.347. The van der Waals surface area contributed by atoms with Crippen LogP contribution in [0.25, 0.3) is 0 Å². The molecule has 29 heavy (non-hydrogen) atoms. The van der Waals surface area contributed by atoms with Crippen LogP contribution in [0.4, 0.5) is 0 Å². The SMILES string of the molecule is O=C(CCC(=O)c1ccc(Cl)s1)NCc1ccc(COCc2ccccc2)cc1.